The number of nitrogens with zero attached hydrogens (tertiary/aromatic N) is 3. The molecule has 1 aliphatic heterocycles. The van der Waals surface area contributed by atoms with Crippen LogP contribution in [0.3, 0.4) is 0 Å². The molecule has 0 radical (unpaired) electrons. The predicted octanol–water partition coefficient (Wildman–Crippen LogP) is 3.13. The molecule has 6 heteroatoms. The second kappa shape index (κ2) is 6.89. The van der Waals surface area contributed by atoms with E-state index in [-0.39, 0.29) is 23.8 Å². The minimum atomic E-state index is 0. The number of halogens is 1. The minimum absolute atomic E-state index is 0. The molecule has 1 aliphatic carbocycles. The second-order valence-electron chi connectivity index (χ2n) is 7.12. The maximum atomic E-state index is 13.3. The number of imidazole rings is 1. The lowest BCUT2D eigenvalue weighted by molar-refractivity contribution is 0.0887. The molecule has 2 N–H and O–H groups in total. The Bertz CT molecular complexity index is 973. The molecular weight excluding hydrogens is 350 g/mol. The Hall–Kier alpha value is -2.11. The van der Waals surface area contributed by atoms with E-state index >= 15 is 0 Å². The fourth-order valence-corrected chi connectivity index (χ4v) is 4.60. The van der Waals surface area contributed by atoms with Gasteiger partial charge in [0.2, 0.25) is 0 Å². The highest BCUT2D eigenvalue weighted by atomic mass is 35.5. The number of hydrogen-bond acceptors (Lipinski definition) is 2. The van der Waals surface area contributed by atoms with Crippen LogP contribution in [-0.2, 0) is 25.9 Å². The molecule has 0 bridgehead atoms. The average molecular weight is 374 g/mol. The van der Waals surface area contributed by atoms with Crippen LogP contribution in [0.5, 0.6) is 0 Å². The van der Waals surface area contributed by atoms with Gasteiger partial charge in [-0.2, -0.15) is 0 Å². The molecule has 0 saturated carbocycles. The molecule has 2 aromatic heterocycles. The summed E-state index contributed by atoms with van der Waals surface area (Å²) in [5.41, 5.74) is 5.01. The maximum absolute atomic E-state index is 13.3. The van der Waals surface area contributed by atoms with E-state index in [1.807, 2.05) is 19.3 Å². The molecule has 0 saturated heterocycles. The van der Waals surface area contributed by atoms with Gasteiger partial charge in [-0.25, -0.2) is 4.98 Å². The fraction of sp³-hybridized carbons (Fsp3) is 0.400. The first-order chi connectivity index (χ1) is 11.7. The lowest BCUT2D eigenvalue weighted by Crippen LogP contribution is -2.27. The number of ketones is 1. The van der Waals surface area contributed by atoms with Crippen molar-refractivity contribution in [3.05, 3.63) is 53.2 Å². The molecule has 2 aliphatic rings. The maximum Gasteiger partial charge on any atom is 0.170 e. The summed E-state index contributed by atoms with van der Waals surface area (Å²) in [6, 6.07) is 6.48. The molecule has 1 unspecified atom stereocenters. The molecular formula is C20H24ClN3O2. The number of hydrogen-bond donors (Lipinski definition) is 0. The quantitative estimate of drug-likeness (QED) is 0.692. The van der Waals surface area contributed by atoms with Crippen LogP contribution in [0.25, 0.3) is 10.9 Å². The average Bonchev–Trinajstić information content (AvgIpc) is 3.15. The van der Waals surface area contributed by atoms with Crippen LogP contribution in [0.4, 0.5) is 0 Å². The van der Waals surface area contributed by atoms with Crippen molar-refractivity contribution in [1.29, 1.82) is 0 Å². The van der Waals surface area contributed by atoms with Crippen molar-refractivity contribution in [1.82, 2.24) is 14.1 Å². The standard InChI is InChI=1S/C20H21N3O.ClH.H2O/c1-13-21-9-11-22(13)12-15-7-8-17-18(20(15)24)16-6-2-4-14-5-3-10-23(17)19(14)16;;/h2,4,6,9,11,15H,3,5,7-8,10,12H2,1H3;1H;1H2. The number of aromatic nitrogens is 3. The van der Waals surface area contributed by atoms with Crippen molar-refractivity contribution in [2.45, 2.75) is 45.7 Å². The molecule has 138 valence electrons. The number of carbonyl (C=O) groups is 1. The Morgan fingerprint density at radius 1 is 1.27 bits per heavy atom. The fourth-order valence-electron chi connectivity index (χ4n) is 4.60. The highest BCUT2D eigenvalue weighted by Gasteiger charge is 2.34. The van der Waals surface area contributed by atoms with E-state index in [0.717, 1.165) is 43.7 Å². The van der Waals surface area contributed by atoms with Gasteiger partial charge in [-0.15, -0.1) is 12.4 Å². The topological polar surface area (TPSA) is 71.3 Å². The van der Waals surface area contributed by atoms with E-state index < -0.39 is 0 Å². The summed E-state index contributed by atoms with van der Waals surface area (Å²) >= 11 is 0. The van der Waals surface area contributed by atoms with Crippen LogP contribution in [0.2, 0.25) is 0 Å². The van der Waals surface area contributed by atoms with Gasteiger partial charge in [0.15, 0.2) is 5.78 Å². The van der Waals surface area contributed by atoms with Crippen molar-refractivity contribution in [2.75, 3.05) is 0 Å². The molecule has 0 amide bonds. The summed E-state index contributed by atoms with van der Waals surface area (Å²) in [4.78, 5) is 17.6. The second-order valence-corrected chi connectivity index (χ2v) is 7.12. The third-order valence-electron chi connectivity index (χ3n) is 5.79. The van der Waals surface area contributed by atoms with Gasteiger partial charge in [0.1, 0.15) is 5.82 Å². The SMILES string of the molecule is Cc1nccn1CC1CCc2c(c3cccc4c3n2CCC4)C1=O.Cl.O. The summed E-state index contributed by atoms with van der Waals surface area (Å²) < 4.78 is 4.54. The first-order valence-electron chi connectivity index (χ1n) is 8.89. The third kappa shape index (κ3) is 2.58. The van der Waals surface area contributed by atoms with Gasteiger partial charge in [-0.3, -0.25) is 4.79 Å². The molecule has 1 aromatic carbocycles. The van der Waals surface area contributed by atoms with E-state index in [1.165, 1.54) is 28.6 Å². The van der Waals surface area contributed by atoms with Crippen molar-refractivity contribution in [3.8, 4) is 0 Å². The number of Topliss-reactive ketones (excluding diaryl/α,β-unsaturated/α-hetero) is 1. The van der Waals surface area contributed by atoms with E-state index in [1.54, 1.807) is 0 Å². The summed E-state index contributed by atoms with van der Waals surface area (Å²) in [7, 11) is 0. The van der Waals surface area contributed by atoms with Gasteiger partial charge in [-0.1, -0.05) is 18.2 Å². The van der Waals surface area contributed by atoms with Gasteiger partial charge in [0.25, 0.3) is 0 Å². The highest BCUT2D eigenvalue weighted by Crippen LogP contribution is 2.38. The Morgan fingerprint density at radius 3 is 2.88 bits per heavy atom. The number of para-hydroxylation sites is 1. The van der Waals surface area contributed by atoms with Gasteiger partial charge >= 0.3 is 0 Å². The summed E-state index contributed by atoms with van der Waals surface area (Å²) in [6.07, 6.45) is 8.05. The summed E-state index contributed by atoms with van der Waals surface area (Å²) in [5, 5.41) is 1.18. The molecule has 3 heterocycles. The van der Waals surface area contributed by atoms with Gasteiger partial charge in [0, 0.05) is 48.0 Å². The van der Waals surface area contributed by atoms with E-state index in [4.69, 9.17) is 0 Å². The van der Waals surface area contributed by atoms with Crippen molar-refractivity contribution in [3.63, 3.8) is 0 Å². The lowest BCUT2D eigenvalue weighted by atomic mass is 9.84. The van der Waals surface area contributed by atoms with Crippen LogP contribution >= 0.6 is 12.4 Å². The predicted molar refractivity (Wildman–Crippen MR) is 104 cm³/mol. The molecule has 5 nitrogen and oxygen atoms in total. The Labute approximate surface area is 158 Å². The van der Waals surface area contributed by atoms with Crippen LogP contribution in [-0.4, -0.2) is 25.4 Å². The molecule has 3 aromatic rings. The summed E-state index contributed by atoms with van der Waals surface area (Å²) in [5.74, 6) is 1.37. The van der Waals surface area contributed by atoms with Crippen LogP contribution < -0.4 is 0 Å². The van der Waals surface area contributed by atoms with Crippen molar-refractivity contribution >= 4 is 29.1 Å². The van der Waals surface area contributed by atoms with Crippen LogP contribution in [0.15, 0.2) is 30.6 Å². The zero-order chi connectivity index (χ0) is 16.3. The molecule has 26 heavy (non-hydrogen) atoms. The van der Waals surface area contributed by atoms with Gasteiger partial charge < -0.3 is 14.6 Å². The van der Waals surface area contributed by atoms with Crippen molar-refractivity contribution in [2.24, 2.45) is 5.92 Å². The number of carbonyl (C=O) groups excluding carboxylic acids is 1. The largest absolute Gasteiger partial charge is 0.412 e. The third-order valence-corrected chi connectivity index (χ3v) is 5.79. The molecule has 5 rings (SSSR count). The Morgan fingerprint density at radius 2 is 2.12 bits per heavy atom. The zero-order valence-corrected chi connectivity index (χ0v) is 15.7. The van der Waals surface area contributed by atoms with E-state index in [0.29, 0.717) is 5.78 Å². The highest BCUT2D eigenvalue weighted by molar-refractivity contribution is 6.12. The number of aryl methyl sites for hydroxylation is 3. The number of benzene rings is 1. The lowest BCUT2D eigenvalue weighted by Gasteiger charge is -2.24. The monoisotopic (exact) mass is 373 g/mol. The molecule has 0 spiro atoms. The van der Waals surface area contributed by atoms with Crippen LogP contribution in [0, 0.1) is 12.8 Å². The van der Waals surface area contributed by atoms with E-state index in [2.05, 4.69) is 32.3 Å². The first kappa shape index (κ1) is 18.7. The summed E-state index contributed by atoms with van der Waals surface area (Å²) in [6.45, 7) is 3.80. The first-order valence-corrected chi connectivity index (χ1v) is 8.89. The van der Waals surface area contributed by atoms with Gasteiger partial charge in [-0.05, 0) is 38.2 Å². The smallest absolute Gasteiger partial charge is 0.170 e. The number of fused-ring (bicyclic) bond motifs is 3. The van der Waals surface area contributed by atoms with E-state index in [9.17, 15) is 4.79 Å². The molecule has 1 atom stereocenters. The molecule has 0 fully saturated rings. The Kier molecular flexibility index (Phi) is 4.95. The number of rotatable bonds is 2. The minimum Gasteiger partial charge on any atom is -0.412 e. The van der Waals surface area contributed by atoms with Gasteiger partial charge in [0.05, 0.1) is 5.52 Å². The zero-order valence-electron chi connectivity index (χ0n) is 14.9. The normalized spacial score (nSPS) is 18.2. The van der Waals surface area contributed by atoms with Crippen molar-refractivity contribution < 1.29 is 10.3 Å². The van der Waals surface area contributed by atoms with Crippen LogP contribution in [0.1, 0.15) is 40.3 Å². The Balaban J connectivity index is 0.000000980.